The number of aromatic nitrogens is 1. The molecular weight excluding hydrogens is 196 g/mol. The number of pyridine rings is 1. The number of ether oxygens (including phenoxy) is 1. The maximum Gasteiger partial charge on any atom is 0.339 e. The van der Waals surface area contributed by atoms with Gasteiger partial charge in [-0.3, -0.25) is 4.79 Å². The minimum absolute atomic E-state index is 0.142. The molecule has 0 aliphatic heterocycles. The lowest BCUT2D eigenvalue weighted by atomic mass is 10.3. The summed E-state index contributed by atoms with van der Waals surface area (Å²) >= 11 is 0. The number of rotatable bonds is 4. The summed E-state index contributed by atoms with van der Waals surface area (Å²) in [6.45, 7) is 1.02. The molecule has 0 aliphatic carbocycles. The molecule has 82 valence electrons. The Hall–Kier alpha value is -1.62. The third kappa shape index (κ3) is 2.92. The van der Waals surface area contributed by atoms with Crippen molar-refractivity contribution in [3.8, 4) is 0 Å². The zero-order valence-corrected chi connectivity index (χ0v) is 8.60. The van der Waals surface area contributed by atoms with E-state index in [0.29, 0.717) is 25.1 Å². The van der Waals surface area contributed by atoms with Crippen LogP contribution in [0.25, 0.3) is 0 Å². The molecule has 15 heavy (non-hydrogen) atoms. The van der Waals surface area contributed by atoms with E-state index in [1.54, 1.807) is 0 Å². The number of aryl methyl sites for hydroxylation is 1. The van der Waals surface area contributed by atoms with Gasteiger partial charge in [0.2, 0.25) is 0 Å². The number of hydrogen-bond acceptors (Lipinski definition) is 4. The highest BCUT2D eigenvalue weighted by atomic mass is 16.5. The highest BCUT2D eigenvalue weighted by Crippen LogP contribution is 1.98. The monoisotopic (exact) mass is 210 g/mol. The molecule has 0 bridgehead atoms. The summed E-state index contributed by atoms with van der Waals surface area (Å²) < 4.78 is 6.01. The maximum absolute atomic E-state index is 11.4. The van der Waals surface area contributed by atoms with E-state index in [4.69, 9.17) is 5.73 Å². The number of nitrogens with two attached hydrogens (primary N) is 1. The molecule has 5 nitrogen and oxygen atoms in total. The standard InChI is InChI=1S/C10H14N2O3/c1-15-10(14)8-3-4-9(13)12(7-8)6-2-5-11/h3-4,7H,2,5-6,11H2,1H3. The van der Waals surface area contributed by atoms with Gasteiger partial charge in [0.1, 0.15) is 0 Å². The molecule has 1 rings (SSSR count). The number of methoxy groups -OCH3 is 1. The molecule has 0 spiro atoms. The van der Waals surface area contributed by atoms with Crippen molar-refractivity contribution in [3.05, 3.63) is 34.2 Å². The van der Waals surface area contributed by atoms with Crippen molar-refractivity contribution < 1.29 is 9.53 Å². The lowest BCUT2D eigenvalue weighted by molar-refractivity contribution is 0.0599. The van der Waals surface area contributed by atoms with Crippen LogP contribution in [0.3, 0.4) is 0 Å². The average Bonchev–Trinajstić information content (AvgIpc) is 2.27. The van der Waals surface area contributed by atoms with E-state index in [9.17, 15) is 9.59 Å². The third-order valence-electron chi connectivity index (χ3n) is 2.01. The Labute approximate surface area is 87.5 Å². The summed E-state index contributed by atoms with van der Waals surface area (Å²) in [6, 6.07) is 2.80. The van der Waals surface area contributed by atoms with Crippen LogP contribution >= 0.6 is 0 Å². The first-order chi connectivity index (χ1) is 7.19. The lowest BCUT2D eigenvalue weighted by Crippen LogP contribution is -2.21. The van der Waals surface area contributed by atoms with Crippen LogP contribution in [0.5, 0.6) is 0 Å². The smallest absolute Gasteiger partial charge is 0.339 e. The van der Waals surface area contributed by atoms with Crippen LogP contribution in [-0.2, 0) is 11.3 Å². The Morgan fingerprint density at radius 3 is 2.87 bits per heavy atom. The first kappa shape index (κ1) is 11.5. The Kier molecular flexibility index (Phi) is 4.05. The normalized spacial score (nSPS) is 10.0. The van der Waals surface area contributed by atoms with E-state index >= 15 is 0 Å². The summed E-state index contributed by atoms with van der Waals surface area (Å²) in [5.41, 5.74) is 5.57. The minimum Gasteiger partial charge on any atom is -0.465 e. The summed E-state index contributed by atoms with van der Waals surface area (Å²) in [5, 5.41) is 0. The van der Waals surface area contributed by atoms with Crippen LogP contribution in [0, 0.1) is 0 Å². The highest BCUT2D eigenvalue weighted by Gasteiger charge is 2.06. The summed E-state index contributed by atoms with van der Waals surface area (Å²) in [4.78, 5) is 22.5. The van der Waals surface area contributed by atoms with Crippen LogP contribution in [0.1, 0.15) is 16.8 Å². The maximum atomic E-state index is 11.4. The molecule has 0 aromatic carbocycles. The van der Waals surface area contributed by atoms with Crippen molar-refractivity contribution in [3.63, 3.8) is 0 Å². The fraction of sp³-hybridized carbons (Fsp3) is 0.400. The van der Waals surface area contributed by atoms with E-state index in [1.165, 1.54) is 30.0 Å². The molecule has 0 aliphatic rings. The van der Waals surface area contributed by atoms with Gasteiger partial charge in [0, 0.05) is 18.8 Å². The van der Waals surface area contributed by atoms with Crippen molar-refractivity contribution in [2.45, 2.75) is 13.0 Å². The second kappa shape index (κ2) is 5.31. The predicted molar refractivity (Wildman–Crippen MR) is 55.7 cm³/mol. The fourth-order valence-corrected chi connectivity index (χ4v) is 1.21. The van der Waals surface area contributed by atoms with Crippen LogP contribution in [0.15, 0.2) is 23.1 Å². The van der Waals surface area contributed by atoms with Crippen molar-refractivity contribution >= 4 is 5.97 Å². The minimum atomic E-state index is -0.448. The second-order valence-corrected chi connectivity index (χ2v) is 3.08. The molecule has 0 saturated carbocycles. The largest absolute Gasteiger partial charge is 0.465 e. The molecule has 0 atom stereocenters. The van der Waals surface area contributed by atoms with E-state index in [2.05, 4.69) is 4.74 Å². The van der Waals surface area contributed by atoms with Gasteiger partial charge in [-0.25, -0.2) is 4.79 Å². The van der Waals surface area contributed by atoms with Crippen molar-refractivity contribution in [1.82, 2.24) is 4.57 Å². The Morgan fingerprint density at radius 2 is 2.27 bits per heavy atom. The van der Waals surface area contributed by atoms with Crippen LogP contribution < -0.4 is 11.3 Å². The summed E-state index contributed by atoms with van der Waals surface area (Å²) in [7, 11) is 1.30. The van der Waals surface area contributed by atoms with Crippen LogP contribution in [-0.4, -0.2) is 24.2 Å². The average molecular weight is 210 g/mol. The molecule has 0 amide bonds. The third-order valence-corrected chi connectivity index (χ3v) is 2.01. The van der Waals surface area contributed by atoms with Gasteiger partial charge in [0.15, 0.2) is 0 Å². The summed E-state index contributed by atoms with van der Waals surface area (Å²) in [5.74, 6) is -0.448. The van der Waals surface area contributed by atoms with Gasteiger partial charge < -0.3 is 15.0 Å². The zero-order valence-electron chi connectivity index (χ0n) is 8.60. The fourth-order valence-electron chi connectivity index (χ4n) is 1.21. The van der Waals surface area contributed by atoms with Crippen LogP contribution in [0.4, 0.5) is 0 Å². The molecule has 0 radical (unpaired) electrons. The SMILES string of the molecule is COC(=O)c1ccc(=O)n(CCCN)c1. The van der Waals surface area contributed by atoms with Crippen molar-refractivity contribution in [1.29, 1.82) is 0 Å². The quantitative estimate of drug-likeness (QED) is 0.709. The molecule has 1 aromatic heterocycles. The molecule has 5 heteroatoms. The first-order valence-corrected chi connectivity index (χ1v) is 4.68. The molecule has 2 N–H and O–H groups in total. The number of carbonyl (C=O) groups excluding carboxylic acids is 1. The molecule has 0 fully saturated rings. The molecule has 1 aromatic rings. The number of carbonyl (C=O) groups is 1. The van der Waals surface area contributed by atoms with Gasteiger partial charge in [-0.05, 0) is 19.0 Å². The van der Waals surface area contributed by atoms with E-state index in [1.807, 2.05) is 0 Å². The molecule has 1 heterocycles. The number of hydrogen-bond donors (Lipinski definition) is 1. The summed E-state index contributed by atoms with van der Waals surface area (Å²) in [6.07, 6.45) is 2.19. The van der Waals surface area contributed by atoms with E-state index in [0.717, 1.165) is 0 Å². The second-order valence-electron chi connectivity index (χ2n) is 3.08. The lowest BCUT2D eigenvalue weighted by Gasteiger charge is -2.05. The van der Waals surface area contributed by atoms with Crippen LogP contribution in [0.2, 0.25) is 0 Å². The zero-order chi connectivity index (χ0) is 11.3. The van der Waals surface area contributed by atoms with Gasteiger partial charge >= 0.3 is 5.97 Å². The number of esters is 1. The highest BCUT2D eigenvalue weighted by molar-refractivity contribution is 5.88. The van der Waals surface area contributed by atoms with Gasteiger partial charge in [-0.15, -0.1) is 0 Å². The van der Waals surface area contributed by atoms with E-state index in [-0.39, 0.29) is 5.56 Å². The van der Waals surface area contributed by atoms with Gasteiger partial charge in [0.05, 0.1) is 12.7 Å². The molecular formula is C10H14N2O3. The Bertz CT molecular complexity index is 398. The number of nitrogens with zero attached hydrogens (tertiary/aromatic N) is 1. The van der Waals surface area contributed by atoms with Gasteiger partial charge in [0.25, 0.3) is 5.56 Å². The molecule has 0 saturated heterocycles. The van der Waals surface area contributed by atoms with Gasteiger partial charge in [-0.1, -0.05) is 0 Å². The Balaban J connectivity index is 2.95. The topological polar surface area (TPSA) is 74.3 Å². The first-order valence-electron chi connectivity index (χ1n) is 4.68. The molecule has 0 unspecified atom stereocenters. The van der Waals surface area contributed by atoms with Crippen molar-refractivity contribution in [2.75, 3.05) is 13.7 Å². The predicted octanol–water partition coefficient (Wildman–Crippen LogP) is -0.0163. The van der Waals surface area contributed by atoms with Crippen molar-refractivity contribution in [2.24, 2.45) is 5.73 Å². The Morgan fingerprint density at radius 1 is 1.53 bits per heavy atom. The van der Waals surface area contributed by atoms with E-state index < -0.39 is 5.97 Å². The van der Waals surface area contributed by atoms with Gasteiger partial charge in [-0.2, -0.15) is 0 Å².